The highest BCUT2D eigenvalue weighted by molar-refractivity contribution is 5.72. The molecule has 15 heavy (non-hydrogen) atoms. The van der Waals surface area contributed by atoms with E-state index in [0.29, 0.717) is 0 Å². The van der Waals surface area contributed by atoms with Gasteiger partial charge in [-0.05, 0) is 18.2 Å². The molecular formula is C9H3N3O3. The summed E-state index contributed by atoms with van der Waals surface area (Å²) < 4.78 is 0. The topological polar surface area (TPSA) is 88.3 Å². The van der Waals surface area contributed by atoms with Crippen LogP contribution in [-0.2, 0) is 14.4 Å². The van der Waals surface area contributed by atoms with Crippen LogP contribution < -0.4 is 0 Å². The maximum Gasteiger partial charge on any atom is 0.240 e. The quantitative estimate of drug-likeness (QED) is 0.549. The number of hydrogen-bond acceptors (Lipinski definition) is 6. The highest BCUT2D eigenvalue weighted by Crippen LogP contribution is 2.31. The fourth-order valence-corrected chi connectivity index (χ4v) is 0.917. The van der Waals surface area contributed by atoms with Crippen LogP contribution in [-0.4, -0.2) is 18.2 Å². The van der Waals surface area contributed by atoms with Gasteiger partial charge in [0.15, 0.2) is 0 Å². The highest BCUT2D eigenvalue weighted by atomic mass is 16.1. The third-order valence-electron chi connectivity index (χ3n) is 1.47. The van der Waals surface area contributed by atoms with E-state index >= 15 is 0 Å². The van der Waals surface area contributed by atoms with E-state index in [1.54, 1.807) is 0 Å². The molecule has 0 radical (unpaired) electrons. The first-order valence-electron chi connectivity index (χ1n) is 3.69. The van der Waals surface area contributed by atoms with Crippen molar-refractivity contribution in [2.24, 2.45) is 15.0 Å². The monoisotopic (exact) mass is 201 g/mol. The Morgan fingerprint density at radius 2 is 1.40 bits per heavy atom. The molecule has 0 N–H and O–H groups in total. The van der Waals surface area contributed by atoms with Crippen LogP contribution in [0.5, 0.6) is 0 Å². The first-order valence-corrected chi connectivity index (χ1v) is 3.69. The predicted molar refractivity (Wildman–Crippen MR) is 49.8 cm³/mol. The number of carbonyl (C=O) groups excluding carboxylic acids is 3. The van der Waals surface area contributed by atoms with E-state index < -0.39 is 0 Å². The van der Waals surface area contributed by atoms with Gasteiger partial charge in [-0.2, -0.15) is 15.0 Å². The van der Waals surface area contributed by atoms with Crippen molar-refractivity contribution in [2.75, 3.05) is 0 Å². The van der Waals surface area contributed by atoms with Crippen LogP contribution in [0.15, 0.2) is 33.2 Å². The second kappa shape index (κ2) is 5.17. The Bertz CT molecular complexity index is 519. The Labute approximate surface area is 83.7 Å². The van der Waals surface area contributed by atoms with E-state index in [1.165, 1.54) is 36.4 Å². The lowest BCUT2D eigenvalue weighted by atomic mass is 10.2. The summed E-state index contributed by atoms with van der Waals surface area (Å²) in [5, 5.41) is 0. The van der Waals surface area contributed by atoms with Crippen molar-refractivity contribution in [1.29, 1.82) is 0 Å². The predicted octanol–water partition coefficient (Wildman–Crippen LogP) is 1.59. The fourth-order valence-electron chi connectivity index (χ4n) is 0.917. The van der Waals surface area contributed by atoms with Gasteiger partial charge in [-0.1, -0.05) is 0 Å². The summed E-state index contributed by atoms with van der Waals surface area (Å²) in [5.41, 5.74) is 0.492. The van der Waals surface area contributed by atoms with Crippen molar-refractivity contribution in [1.82, 2.24) is 0 Å². The lowest BCUT2D eigenvalue weighted by Crippen LogP contribution is -1.69. The number of hydrogen-bond donors (Lipinski definition) is 0. The molecule has 1 rings (SSSR count). The number of aliphatic imine (C=N–C) groups is 3. The maximum absolute atomic E-state index is 10.1. The van der Waals surface area contributed by atoms with Gasteiger partial charge in [0, 0.05) is 0 Å². The van der Waals surface area contributed by atoms with Crippen molar-refractivity contribution in [3.63, 3.8) is 0 Å². The largest absolute Gasteiger partial charge is 0.240 e. The van der Waals surface area contributed by atoms with E-state index in [2.05, 4.69) is 15.0 Å². The summed E-state index contributed by atoms with van der Waals surface area (Å²) in [4.78, 5) is 40.0. The molecule has 0 fully saturated rings. The molecule has 0 aliphatic heterocycles. The highest BCUT2D eigenvalue weighted by Gasteiger charge is 2.01. The second-order valence-corrected chi connectivity index (χ2v) is 2.28. The molecule has 0 atom stereocenters. The molecule has 0 unspecified atom stereocenters. The molecule has 6 heteroatoms. The first-order chi connectivity index (χ1) is 7.31. The minimum atomic E-state index is 0.0878. The van der Waals surface area contributed by atoms with E-state index in [9.17, 15) is 14.4 Å². The summed E-state index contributed by atoms with van der Waals surface area (Å²) in [7, 11) is 0. The molecule has 1 aromatic rings. The Morgan fingerprint density at radius 3 is 2.00 bits per heavy atom. The van der Waals surface area contributed by atoms with E-state index in [4.69, 9.17) is 0 Å². The van der Waals surface area contributed by atoms with E-state index in [1.807, 2.05) is 0 Å². The summed E-state index contributed by atoms with van der Waals surface area (Å²) >= 11 is 0. The van der Waals surface area contributed by atoms with Gasteiger partial charge in [0.2, 0.25) is 18.2 Å². The van der Waals surface area contributed by atoms with Crippen molar-refractivity contribution < 1.29 is 14.4 Å². The molecule has 0 aliphatic rings. The van der Waals surface area contributed by atoms with Crippen LogP contribution in [0.4, 0.5) is 17.1 Å². The third-order valence-corrected chi connectivity index (χ3v) is 1.47. The van der Waals surface area contributed by atoms with Crippen LogP contribution in [0, 0.1) is 0 Å². The molecule has 0 aliphatic carbocycles. The molecule has 0 heterocycles. The zero-order valence-electron chi connectivity index (χ0n) is 7.30. The van der Waals surface area contributed by atoms with Gasteiger partial charge >= 0.3 is 0 Å². The Balaban J connectivity index is 3.37. The zero-order valence-corrected chi connectivity index (χ0v) is 7.30. The van der Waals surface area contributed by atoms with Crippen LogP contribution in [0.3, 0.4) is 0 Å². The standard InChI is InChI=1S/C9H3N3O3/c13-4-10-7-1-2-8(11-5-14)9(3-7)12-6-15/h1-3H. The van der Waals surface area contributed by atoms with Gasteiger partial charge in [0.1, 0.15) is 11.4 Å². The fraction of sp³-hybridized carbons (Fsp3) is 0. The summed E-state index contributed by atoms with van der Waals surface area (Å²) in [6, 6.07) is 4.09. The van der Waals surface area contributed by atoms with Gasteiger partial charge in [-0.3, -0.25) is 0 Å². The van der Waals surface area contributed by atoms with Crippen molar-refractivity contribution in [3.05, 3.63) is 18.2 Å². The summed E-state index contributed by atoms with van der Waals surface area (Å²) in [6.45, 7) is 0. The molecule has 0 saturated carbocycles. The van der Waals surface area contributed by atoms with Crippen molar-refractivity contribution in [2.45, 2.75) is 0 Å². The van der Waals surface area contributed by atoms with Gasteiger partial charge in [0.25, 0.3) is 0 Å². The average Bonchev–Trinajstić information content (AvgIpc) is 2.23. The van der Waals surface area contributed by atoms with Crippen LogP contribution in [0.25, 0.3) is 0 Å². The lowest BCUT2D eigenvalue weighted by molar-refractivity contribution is 0.564. The van der Waals surface area contributed by atoms with Crippen LogP contribution in [0.1, 0.15) is 0 Å². The SMILES string of the molecule is O=C=Nc1ccc(N=C=O)c(N=C=O)c1. The van der Waals surface area contributed by atoms with Gasteiger partial charge < -0.3 is 0 Å². The molecule has 0 bridgehead atoms. The lowest BCUT2D eigenvalue weighted by Gasteiger charge is -1.96. The van der Waals surface area contributed by atoms with Gasteiger partial charge in [0.05, 0.1) is 5.69 Å². The summed E-state index contributed by atoms with van der Waals surface area (Å²) in [5.74, 6) is 0. The number of rotatable bonds is 3. The average molecular weight is 201 g/mol. The van der Waals surface area contributed by atoms with Gasteiger partial charge in [-0.25, -0.2) is 14.4 Å². The Hall–Kier alpha value is -2.64. The molecule has 0 amide bonds. The van der Waals surface area contributed by atoms with E-state index in [-0.39, 0.29) is 17.1 Å². The molecule has 0 spiro atoms. The number of benzene rings is 1. The minimum Gasteiger partial charge on any atom is -0.211 e. The smallest absolute Gasteiger partial charge is 0.211 e. The normalized spacial score (nSPS) is 8.00. The number of isocyanates is 3. The van der Waals surface area contributed by atoms with Crippen molar-refractivity contribution in [3.8, 4) is 0 Å². The maximum atomic E-state index is 10.1. The zero-order chi connectivity index (χ0) is 11.1. The molecule has 6 nitrogen and oxygen atoms in total. The summed E-state index contributed by atoms with van der Waals surface area (Å²) in [6.07, 6.45) is 3.94. The molecule has 1 aromatic carbocycles. The Morgan fingerprint density at radius 1 is 0.800 bits per heavy atom. The molecular weight excluding hydrogens is 198 g/mol. The van der Waals surface area contributed by atoms with Crippen molar-refractivity contribution >= 4 is 35.3 Å². The number of nitrogens with zero attached hydrogens (tertiary/aromatic N) is 3. The first kappa shape index (κ1) is 10.4. The molecule has 72 valence electrons. The molecule has 0 saturated heterocycles. The van der Waals surface area contributed by atoms with E-state index in [0.717, 1.165) is 0 Å². The Kier molecular flexibility index (Phi) is 3.60. The van der Waals surface area contributed by atoms with Crippen LogP contribution in [0.2, 0.25) is 0 Å². The van der Waals surface area contributed by atoms with Gasteiger partial charge in [-0.15, -0.1) is 0 Å². The molecule has 0 aromatic heterocycles. The third kappa shape index (κ3) is 2.66. The minimum absolute atomic E-state index is 0.0878. The van der Waals surface area contributed by atoms with Crippen LogP contribution >= 0.6 is 0 Å². The second-order valence-electron chi connectivity index (χ2n) is 2.28.